The summed E-state index contributed by atoms with van der Waals surface area (Å²) in [6.07, 6.45) is 1.65. The van der Waals surface area contributed by atoms with Gasteiger partial charge in [0.2, 0.25) is 5.82 Å². The van der Waals surface area contributed by atoms with Gasteiger partial charge in [-0.2, -0.15) is 4.98 Å². The van der Waals surface area contributed by atoms with Gasteiger partial charge >= 0.3 is 0 Å². The largest absolute Gasteiger partial charge is 0.493 e. The van der Waals surface area contributed by atoms with Crippen molar-refractivity contribution in [3.8, 4) is 22.9 Å². The molecule has 0 amide bonds. The molecule has 1 heterocycles. The Bertz CT molecular complexity index is 933. The summed E-state index contributed by atoms with van der Waals surface area (Å²) in [4.78, 5) is 9.57. The quantitative estimate of drug-likeness (QED) is 0.424. The molecule has 0 fully saturated rings. The van der Waals surface area contributed by atoms with E-state index in [0.717, 1.165) is 11.1 Å². The molecule has 0 bridgehead atoms. The van der Waals surface area contributed by atoms with Crippen LogP contribution < -0.4 is 9.47 Å². The highest BCUT2D eigenvalue weighted by molar-refractivity contribution is 5.79. The minimum Gasteiger partial charge on any atom is -0.493 e. The number of hydrogen-bond donors (Lipinski definition) is 0. The number of ether oxygens (including phenoxy) is 2. The molecule has 0 atom stereocenters. The molecule has 0 saturated heterocycles. The Labute approximate surface area is 163 Å². The van der Waals surface area contributed by atoms with E-state index in [1.54, 1.807) is 32.6 Å². The van der Waals surface area contributed by atoms with E-state index in [1.807, 2.05) is 18.2 Å². The first-order chi connectivity index (χ1) is 13.6. The second-order valence-corrected chi connectivity index (χ2v) is 6.41. The van der Waals surface area contributed by atoms with Crippen LogP contribution in [0.3, 0.4) is 0 Å². The van der Waals surface area contributed by atoms with Gasteiger partial charge in [0.05, 0.1) is 20.4 Å². The van der Waals surface area contributed by atoms with Gasteiger partial charge in [0, 0.05) is 5.56 Å². The van der Waals surface area contributed by atoms with Crippen molar-refractivity contribution in [1.29, 1.82) is 0 Å². The van der Waals surface area contributed by atoms with Crippen molar-refractivity contribution >= 4 is 6.21 Å². The van der Waals surface area contributed by atoms with Crippen LogP contribution in [-0.2, 0) is 11.4 Å². The van der Waals surface area contributed by atoms with E-state index in [1.165, 1.54) is 5.56 Å². The molecule has 0 radical (unpaired) electrons. The van der Waals surface area contributed by atoms with Crippen molar-refractivity contribution in [1.82, 2.24) is 10.1 Å². The van der Waals surface area contributed by atoms with Gasteiger partial charge < -0.3 is 18.8 Å². The summed E-state index contributed by atoms with van der Waals surface area (Å²) < 4.78 is 15.7. The zero-order chi connectivity index (χ0) is 19.9. The van der Waals surface area contributed by atoms with Gasteiger partial charge in [0.1, 0.15) is 0 Å². The minimum atomic E-state index is 0.0842. The summed E-state index contributed by atoms with van der Waals surface area (Å²) >= 11 is 0. The Balaban J connectivity index is 1.59. The molecule has 0 N–H and O–H groups in total. The van der Waals surface area contributed by atoms with Gasteiger partial charge in [-0.05, 0) is 35.2 Å². The number of nitrogens with zero attached hydrogens (tertiary/aromatic N) is 3. The fourth-order valence-electron chi connectivity index (χ4n) is 2.56. The molecule has 1 aromatic heterocycles. The van der Waals surface area contributed by atoms with E-state index in [9.17, 15) is 0 Å². The van der Waals surface area contributed by atoms with Crippen molar-refractivity contribution in [2.75, 3.05) is 14.2 Å². The Kier molecular flexibility index (Phi) is 6.26. The molecule has 0 spiro atoms. The normalized spacial score (nSPS) is 11.2. The van der Waals surface area contributed by atoms with Gasteiger partial charge in [-0.3, -0.25) is 0 Å². The molecule has 28 heavy (non-hydrogen) atoms. The fourth-order valence-corrected chi connectivity index (χ4v) is 2.56. The first-order valence-corrected chi connectivity index (χ1v) is 8.91. The zero-order valence-corrected chi connectivity index (χ0v) is 16.4. The summed E-state index contributed by atoms with van der Waals surface area (Å²) in [7, 11) is 3.16. The smallest absolute Gasteiger partial charge is 0.267 e. The van der Waals surface area contributed by atoms with Crippen molar-refractivity contribution in [3.63, 3.8) is 0 Å². The first-order valence-electron chi connectivity index (χ1n) is 8.91. The third-order valence-corrected chi connectivity index (χ3v) is 4.18. The van der Waals surface area contributed by atoms with Crippen LogP contribution in [0.2, 0.25) is 0 Å². The maximum absolute atomic E-state index is 5.29. The second kappa shape index (κ2) is 9.03. The number of rotatable bonds is 8. The second-order valence-electron chi connectivity index (χ2n) is 6.41. The highest BCUT2D eigenvalue weighted by Crippen LogP contribution is 2.31. The molecule has 0 aliphatic carbocycles. The fraction of sp³-hybridized carbons (Fsp3) is 0.286. The Morgan fingerprint density at radius 2 is 1.79 bits per heavy atom. The van der Waals surface area contributed by atoms with Crippen LogP contribution in [0.5, 0.6) is 11.5 Å². The van der Waals surface area contributed by atoms with Gasteiger partial charge in [0.25, 0.3) is 5.89 Å². The van der Waals surface area contributed by atoms with Crippen LogP contribution in [-0.4, -0.2) is 30.6 Å². The van der Waals surface area contributed by atoms with Gasteiger partial charge in [-0.25, -0.2) is 0 Å². The van der Waals surface area contributed by atoms with Crippen molar-refractivity contribution in [2.24, 2.45) is 5.16 Å². The average molecular weight is 381 g/mol. The highest BCUT2D eigenvalue weighted by Gasteiger charge is 2.12. The Hall–Kier alpha value is -3.35. The van der Waals surface area contributed by atoms with Crippen LogP contribution in [0.25, 0.3) is 11.4 Å². The third-order valence-electron chi connectivity index (χ3n) is 4.18. The molecule has 0 saturated carbocycles. The van der Waals surface area contributed by atoms with Crippen molar-refractivity contribution in [2.45, 2.75) is 26.4 Å². The monoisotopic (exact) mass is 381 g/mol. The van der Waals surface area contributed by atoms with Crippen molar-refractivity contribution in [3.05, 3.63) is 59.5 Å². The van der Waals surface area contributed by atoms with E-state index in [0.29, 0.717) is 29.1 Å². The van der Waals surface area contributed by atoms with E-state index in [2.05, 4.69) is 41.3 Å². The Morgan fingerprint density at radius 1 is 1.04 bits per heavy atom. The maximum Gasteiger partial charge on any atom is 0.267 e. The number of hydrogen-bond acceptors (Lipinski definition) is 7. The van der Waals surface area contributed by atoms with Crippen LogP contribution in [0, 0.1) is 0 Å². The van der Waals surface area contributed by atoms with Crippen LogP contribution in [0.1, 0.15) is 36.8 Å². The number of benzene rings is 2. The molecule has 0 aliphatic heterocycles. The summed E-state index contributed by atoms with van der Waals surface area (Å²) in [5, 5.41) is 7.92. The molecule has 3 aromatic rings. The Morgan fingerprint density at radius 3 is 2.46 bits per heavy atom. The summed E-state index contributed by atoms with van der Waals surface area (Å²) in [5.74, 6) is 2.49. The lowest BCUT2D eigenvalue weighted by Crippen LogP contribution is -1.92. The molecule has 146 valence electrons. The zero-order valence-electron chi connectivity index (χ0n) is 16.4. The maximum atomic E-state index is 5.29. The molecule has 0 unspecified atom stereocenters. The summed E-state index contributed by atoms with van der Waals surface area (Å²) in [6.45, 7) is 4.40. The molecule has 0 aliphatic rings. The van der Waals surface area contributed by atoms with Crippen LogP contribution in [0.15, 0.2) is 52.1 Å². The number of methoxy groups -OCH3 is 2. The van der Waals surface area contributed by atoms with E-state index >= 15 is 0 Å². The van der Waals surface area contributed by atoms with E-state index < -0.39 is 0 Å². The van der Waals surface area contributed by atoms with Crippen molar-refractivity contribution < 1.29 is 18.8 Å². The molecular formula is C21H23N3O4. The lowest BCUT2D eigenvalue weighted by molar-refractivity contribution is 0.107. The average Bonchev–Trinajstić information content (AvgIpc) is 3.20. The lowest BCUT2D eigenvalue weighted by Gasteiger charge is -2.07. The van der Waals surface area contributed by atoms with Crippen LogP contribution in [0.4, 0.5) is 0 Å². The predicted octanol–water partition coefficient (Wildman–Crippen LogP) is 4.43. The van der Waals surface area contributed by atoms with E-state index in [-0.39, 0.29) is 6.61 Å². The molecule has 3 rings (SSSR count). The standard InChI is InChI=1S/C21H23N3O4/c1-14(2)16-7-5-15(6-8-16)12-22-27-13-20-23-21(24-28-20)17-9-10-18(25-3)19(11-17)26-4/h5-12,14H,13H2,1-4H3/b22-12-. The number of aromatic nitrogens is 2. The molecule has 7 nitrogen and oxygen atoms in total. The minimum absolute atomic E-state index is 0.0842. The lowest BCUT2D eigenvalue weighted by atomic mass is 10.0. The third kappa shape index (κ3) is 4.68. The van der Waals surface area contributed by atoms with Gasteiger partial charge in [-0.15, -0.1) is 0 Å². The predicted molar refractivity (Wildman–Crippen MR) is 106 cm³/mol. The SMILES string of the molecule is COc1ccc(-c2noc(CO/N=C\c3ccc(C(C)C)cc3)n2)cc1OC. The van der Waals surface area contributed by atoms with Gasteiger partial charge in [-0.1, -0.05) is 48.4 Å². The molecular weight excluding hydrogens is 358 g/mol. The summed E-state index contributed by atoms with van der Waals surface area (Å²) in [6, 6.07) is 13.6. The highest BCUT2D eigenvalue weighted by atomic mass is 16.6. The van der Waals surface area contributed by atoms with E-state index in [4.69, 9.17) is 18.8 Å². The van der Waals surface area contributed by atoms with Gasteiger partial charge in [0.15, 0.2) is 18.1 Å². The molecule has 2 aromatic carbocycles. The number of oxime groups is 1. The topological polar surface area (TPSA) is 79.0 Å². The molecule has 7 heteroatoms. The van der Waals surface area contributed by atoms with Crippen LogP contribution >= 0.6 is 0 Å². The first kappa shape index (κ1) is 19.4. The summed E-state index contributed by atoms with van der Waals surface area (Å²) in [5.41, 5.74) is 2.99.